The summed E-state index contributed by atoms with van der Waals surface area (Å²) in [5.74, 6) is -0.894. The van der Waals surface area contributed by atoms with E-state index in [4.69, 9.17) is 5.11 Å². The predicted molar refractivity (Wildman–Crippen MR) is 82.0 cm³/mol. The molecule has 0 radical (unpaired) electrons. The molecule has 0 aromatic heterocycles. The van der Waals surface area contributed by atoms with E-state index in [1.54, 1.807) is 13.8 Å². The molecule has 8 nitrogen and oxygen atoms in total. The summed E-state index contributed by atoms with van der Waals surface area (Å²) in [5, 5.41) is 11.8. The molecule has 1 saturated heterocycles. The van der Waals surface area contributed by atoms with Gasteiger partial charge in [-0.2, -0.15) is 0 Å². The highest BCUT2D eigenvalue weighted by Gasteiger charge is 2.42. The molecule has 0 saturated carbocycles. The number of sulfonamides is 1. The van der Waals surface area contributed by atoms with Crippen molar-refractivity contribution in [2.45, 2.75) is 26.7 Å². The molecule has 1 aliphatic rings. The fourth-order valence-corrected chi connectivity index (χ4v) is 3.36. The van der Waals surface area contributed by atoms with Gasteiger partial charge in [0.15, 0.2) is 0 Å². The summed E-state index contributed by atoms with van der Waals surface area (Å²) in [6.45, 7) is 5.10. The van der Waals surface area contributed by atoms with Crippen molar-refractivity contribution in [3.63, 3.8) is 0 Å². The van der Waals surface area contributed by atoms with Crippen LogP contribution < -0.4 is 5.32 Å². The van der Waals surface area contributed by atoms with Gasteiger partial charge in [-0.15, -0.1) is 0 Å². The van der Waals surface area contributed by atoms with E-state index in [1.807, 2.05) is 0 Å². The molecule has 0 aromatic carbocycles. The largest absolute Gasteiger partial charge is 0.481 e. The zero-order chi connectivity index (χ0) is 17.0. The standard InChI is InChI=1S/C13H25N3O5S/c1-4-16(22(3,20)21)8-5-7-14-12(19)15-9-6-13(2,10-15)11(17)18/h4-10H2,1-3H3,(H,14,19)(H,17,18). The van der Waals surface area contributed by atoms with Crippen molar-refractivity contribution in [2.24, 2.45) is 5.41 Å². The molecule has 1 aliphatic heterocycles. The van der Waals surface area contributed by atoms with Crippen LogP contribution in [0, 0.1) is 5.41 Å². The number of urea groups is 1. The monoisotopic (exact) mass is 335 g/mol. The molecule has 0 aliphatic carbocycles. The number of carboxylic acids is 1. The normalized spacial score (nSPS) is 22.1. The third-order valence-corrected chi connectivity index (χ3v) is 5.34. The van der Waals surface area contributed by atoms with Gasteiger partial charge in [-0.25, -0.2) is 17.5 Å². The second-order valence-corrected chi connectivity index (χ2v) is 7.86. The van der Waals surface area contributed by atoms with Gasteiger partial charge < -0.3 is 15.3 Å². The van der Waals surface area contributed by atoms with E-state index in [0.717, 1.165) is 6.26 Å². The zero-order valence-electron chi connectivity index (χ0n) is 13.3. The van der Waals surface area contributed by atoms with Gasteiger partial charge in [-0.1, -0.05) is 6.92 Å². The lowest BCUT2D eigenvalue weighted by molar-refractivity contribution is -0.147. The van der Waals surface area contributed by atoms with Crippen LogP contribution in [0.2, 0.25) is 0 Å². The Bertz CT molecular complexity index is 522. The van der Waals surface area contributed by atoms with Gasteiger partial charge in [0, 0.05) is 32.7 Å². The number of amides is 2. The van der Waals surface area contributed by atoms with E-state index < -0.39 is 21.4 Å². The van der Waals surface area contributed by atoms with Crippen LogP contribution >= 0.6 is 0 Å². The predicted octanol–water partition coefficient (Wildman–Crippen LogP) is 0.164. The maximum atomic E-state index is 12.0. The Labute approximate surface area is 131 Å². The quantitative estimate of drug-likeness (QED) is 0.645. The van der Waals surface area contributed by atoms with Crippen LogP contribution in [0.25, 0.3) is 0 Å². The molecule has 0 aromatic rings. The average molecular weight is 335 g/mol. The van der Waals surface area contributed by atoms with Crippen molar-refractivity contribution in [1.29, 1.82) is 0 Å². The second kappa shape index (κ2) is 7.28. The number of nitrogens with zero attached hydrogens (tertiary/aromatic N) is 2. The lowest BCUT2D eigenvalue weighted by atomic mass is 9.90. The Morgan fingerprint density at radius 1 is 1.41 bits per heavy atom. The van der Waals surface area contributed by atoms with Crippen LogP contribution in [-0.4, -0.2) is 73.7 Å². The maximum absolute atomic E-state index is 12.0. The molecule has 0 bridgehead atoms. The van der Waals surface area contributed by atoms with Gasteiger partial charge in [0.1, 0.15) is 0 Å². The van der Waals surface area contributed by atoms with Crippen molar-refractivity contribution < 1.29 is 23.1 Å². The Morgan fingerprint density at radius 2 is 2.05 bits per heavy atom. The first-order valence-electron chi connectivity index (χ1n) is 7.31. The third kappa shape index (κ3) is 4.84. The van der Waals surface area contributed by atoms with Crippen molar-refractivity contribution in [2.75, 3.05) is 39.0 Å². The highest BCUT2D eigenvalue weighted by molar-refractivity contribution is 7.88. The van der Waals surface area contributed by atoms with Crippen LogP contribution in [0.3, 0.4) is 0 Å². The minimum atomic E-state index is -3.21. The summed E-state index contributed by atoms with van der Waals surface area (Å²) in [5.41, 5.74) is -0.882. The molecule has 1 heterocycles. The minimum absolute atomic E-state index is 0.193. The summed E-state index contributed by atoms with van der Waals surface area (Å²) in [6, 6.07) is -0.299. The van der Waals surface area contributed by atoms with E-state index in [9.17, 15) is 18.0 Å². The summed E-state index contributed by atoms with van der Waals surface area (Å²) in [6.07, 6.45) is 2.11. The molecular formula is C13H25N3O5S. The molecule has 1 rings (SSSR count). The van der Waals surface area contributed by atoms with Gasteiger partial charge in [0.25, 0.3) is 0 Å². The second-order valence-electron chi connectivity index (χ2n) is 5.88. The Balaban J connectivity index is 2.35. The Hall–Kier alpha value is -1.35. The summed E-state index contributed by atoms with van der Waals surface area (Å²) in [4.78, 5) is 24.6. The smallest absolute Gasteiger partial charge is 0.317 e. The number of likely N-dealkylation sites (tertiary alicyclic amines) is 1. The minimum Gasteiger partial charge on any atom is -0.481 e. The molecule has 1 unspecified atom stereocenters. The van der Waals surface area contributed by atoms with Crippen molar-refractivity contribution in [1.82, 2.24) is 14.5 Å². The van der Waals surface area contributed by atoms with Gasteiger partial charge >= 0.3 is 12.0 Å². The molecule has 1 fully saturated rings. The van der Waals surface area contributed by atoms with E-state index in [0.29, 0.717) is 39.0 Å². The van der Waals surface area contributed by atoms with Gasteiger partial charge in [0.2, 0.25) is 10.0 Å². The fourth-order valence-electron chi connectivity index (χ4n) is 2.43. The van der Waals surface area contributed by atoms with Gasteiger partial charge in [-0.05, 0) is 19.8 Å². The highest BCUT2D eigenvalue weighted by Crippen LogP contribution is 2.29. The van der Waals surface area contributed by atoms with Crippen LogP contribution in [0.15, 0.2) is 0 Å². The molecular weight excluding hydrogens is 310 g/mol. The Morgan fingerprint density at radius 3 is 2.50 bits per heavy atom. The zero-order valence-corrected chi connectivity index (χ0v) is 14.1. The van der Waals surface area contributed by atoms with E-state index in [2.05, 4.69) is 5.32 Å². The van der Waals surface area contributed by atoms with Crippen molar-refractivity contribution in [3.8, 4) is 0 Å². The average Bonchev–Trinajstić information content (AvgIpc) is 2.81. The fraction of sp³-hybridized carbons (Fsp3) is 0.846. The van der Waals surface area contributed by atoms with Crippen LogP contribution in [0.4, 0.5) is 4.79 Å². The molecule has 128 valence electrons. The number of rotatable bonds is 7. The van der Waals surface area contributed by atoms with E-state index >= 15 is 0 Å². The number of aliphatic carboxylic acids is 1. The number of carbonyl (C=O) groups is 2. The topological polar surface area (TPSA) is 107 Å². The molecule has 1 atom stereocenters. The molecule has 0 spiro atoms. The van der Waals surface area contributed by atoms with Crippen molar-refractivity contribution >= 4 is 22.0 Å². The first kappa shape index (κ1) is 18.7. The first-order chi connectivity index (χ1) is 10.1. The van der Waals surface area contributed by atoms with E-state index in [-0.39, 0.29) is 12.6 Å². The highest BCUT2D eigenvalue weighted by atomic mass is 32.2. The number of hydrogen-bond acceptors (Lipinski definition) is 4. The lowest BCUT2D eigenvalue weighted by Gasteiger charge is -2.21. The molecule has 22 heavy (non-hydrogen) atoms. The van der Waals surface area contributed by atoms with Crippen molar-refractivity contribution in [3.05, 3.63) is 0 Å². The van der Waals surface area contributed by atoms with Crippen LogP contribution in [0.1, 0.15) is 26.7 Å². The maximum Gasteiger partial charge on any atom is 0.317 e. The number of carbonyl (C=O) groups excluding carboxylic acids is 1. The molecule has 2 N–H and O–H groups in total. The Kier molecular flexibility index (Phi) is 6.18. The third-order valence-electron chi connectivity index (χ3n) is 3.96. The number of hydrogen-bond donors (Lipinski definition) is 2. The summed E-state index contributed by atoms with van der Waals surface area (Å²) >= 11 is 0. The first-order valence-corrected chi connectivity index (χ1v) is 9.16. The van der Waals surface area contributed by atoms with Crippen LogP contribution in [0.5, 0.6) is 0 Å². The molecule has 9 heteroatoms. The number of nitrogens with one attached hydrogen (secondary N) is 1. The van der Waals surface area contributed by atoms with E-state index in [1.165, 1.54) is 9.21 Å². The lowest BCUT2D eigenvalue weighted by Crippen LogP contribution is -2.42. The van der Waals surface area contributed by atoms with Crippen LogP contribution in [-0.2, 0) is 14.8 Å². The summed E-state index contributed by atoms with van der Waals surface area (Å²) in [7, 11) is -3.21. The number of carboxylic acid groups (broad SMARTS) is 1. The summed E-state index contributed by atoms with van der Waals surface area (Å²) < 4.78 is 24.2. The molecule has 2 amide bonds. The SMILES string of the molecule is CCN(CCCNC(=O)N1CCC(C)(C(=O)O)C1)S(C)(=O)=O. The van der Waals surface area contributed by atoms with Gasteiger partial charge in [-0.3, -0.25) is 4.79 Å². The van der Waals surface area contributed by atoms with Gasteiger partial charge in [0.05, 0.1) is 11.7 Å².